The first-order valence-electron chi connectivity index (χ1n) is 6.09. The van der Waals surface area contributed by atoms with E-state index in [0.717, 1.165) is 32.6 Å². The van der Waals surface area contributed by atoms with Crippen molar-refractivity contribution in [1.82, 2.24) is 0 Å². The highest BCUT2D eigenvalue weighted by molar-refractivity contribution is 6.31. The largest absolute Gasteiger partial charge is 0.481 e. The Morgan fingerprint density at radius 1 is 1.11 bits per heavy atom. The summed E-state index contributed by atoms with van der Waals surface area (Å²) in [5.74, 6) is 0.871. The maximum atomic E-state index is 6.08. The van der Waals surface area contributed by atoms with Gasteiger partial charge < -0.3 is 10.1 Å². The van der Waals surface area contributed by atoms with Crippen LogP contribution in [0.15, 0.2) is 36.4 Å². The fourth-order valence-corrected chi connectivity index (χ4v) is 2.67. The quantitative estimate of drug-likeness (QED) is 0.812. The van der Waals surface area contributed by atoms with Crippen molar-refractivity contribution in [3.8, 4) is 5.75 Å². The van der Waals surface area contributed by atoms with E-state index in [9.17, 15) is 0 Å². The third-order valence-corrected chi connectivity index (χ3v) is 3.69. The van der Waals surface area contributed by atoms with Gasteiger partial charge in [0.15, 0.2) is 0 Å². The van der Waals surface area contributed by atoms with E-state index in [1.165, 1.54) is 0 Å². The maximum absolute atomic E-state index is 6.08. The molecule has 4 heteroatoms. The third kappa shape index (κ3) is 2.51. The first-order chi connectivity index (χ1) is 9.13. The fraction of sp³-hybridized carbons (Fsp3) is 0.200. The average molecular weight is 294 g/mol. The zero-order valence-electron chi connectivity index (χ0n) is 10.4. The monoisotopic (exact) mass is 293 g/mol. The van der Waals surface area contributed by atoms with Crippen LogP contribution in [0.3, 0.4) is 0 Å². The van der Waals surface area contributed by atoms with Crippen molar-refractivity contribution in [1.29, 1.82) is 0 Å². The SMILES string of the molecule is Cc1cc(Cl)cc2c1OC(c1ccc(Cl)cc1)CN2. The van der Waals surface area contributed by atoms with Gasteiger partial charge >= 0.3 is 0 Å². The number of anilines is 1. The van der Waals surface area contributed by atoms with E-state index in [0.29, 0.717) is 6.54 Å². The van der Waals surface area contributed by atoms with Gasteiger partial charge in [0.05, 0.1) is 12.2 Å². The Morgan fingerprint density at radius 3 is 2.58 bits per heavy atom. The minimum Gasteiger partial charge on any atom is -0.481 e. The number of fused-ring (bicyclic) bond motifs is 1. The van der Waals surface area contributed by atoms with Crippen LogP contribution in [0, 0.1) is 6.92 Å². The van der Waals surface area contributed by atoms with Crippen LogP contribution in [0.4, 0.5) is 5.69 Å². The second-order valence-corrected chi connectivity index (χ2v) is 5.51. The van der Waals surface area contributed by atoms with E-state index in [4.69, 9.17) is 27.9 Å². The smallest absolute Gasteiger partial charge is 0.146 e. The summed E-state index contributed by atoms with van der Waals surface area (Å²) < 4.78 is 6.08. The molecule has 0 saturated heterocycles. The molecule has 1 atom stereocenters. The molecule has 1 aliphatic rings. The van der Waals surface area contributed by atoms with Crippen LogP contribution in [0.1, 0.15) is 17.2 Å². The van der Waals surface area contributed by atoms with Crippen LogP contribution in [0.5, 0.6) is 5.75 Å². The molecule has 2 nitrogen and oxygen atoms in total. The maximum Gasteiger partial charge on any atom is 0.146 e. The van der Waals surface area contributed by atoms with Crippen molar-refractivity contribution in [3.05, 3.63) is 57.6 Å². The van der Waals surface area contributed by atoms with Gasteiger partial charge in [-0.05, 0) is 42.3 Å². The Morgan fingerprint density at radius 2 is 1.84 bits per heavy atom. The first kappa shape index (κ1) is 12.6. The lowest BCUT2D eigenvalue weighted by Gasteiger charge is -2.29. The van der Waals surface area contributed by atoms with E-state index in [1.54, 1.807) is 0 Å². The number of nitrogens with one attached hydrogen (secondary N) is 1. The zero-order valence-corrected chi connectivity index (χ0v) is 11.9. The molecule has 1 heterocycles. The molecule has 0 aromatic heterocycles. The molecule has 0 amide bonds. The van der Waals surface area contributed by atoms with Gasteiger partial charge in [-0.3, -0.25) is 0 Å². The number of hydrogen-bond donors (Lipinski definition) is 1. The third-order valence-electron chi connectivity index (χ3n) is 3.22. The Bertz CT molecular complexity index is 610. The lowest BCUT2D eigenvalue weighted by molar-refractivity contribution is 0.209. The van der Waals surface area contributed by atoms with Crippen molar-refractivity contribution in [2.24, 2.45) is 0 Å². The molecule has 0 radical (unpaired) electrons. The van der Waals surface area contributed by atoms with Gasteiger partial charge in [-0.2, -0.15) is 0 Å². The lowest BCUT2D eigenvalue weighted by atomic mass is 10.1. The highest BCUT2D eigenvalue weighted by Gasteiger charge is 2.22. The van der Waals surface area contributed by atoms with Gasteiger partial charge in [-0.25, -0.2) is 0 Å². The van der Waals surface area contributed by atoms with Crippen LogP contribution in [-0.2, 0) is 0 Å². The highest BCUT2D eigenvalue weighted by Crippen LogP contribution is 2.38. The van der Waals surface area contributed by atoms with Crippen molar-refractivity contribution < 1.29 is 4.74 Å². The van der Waals surface area contributed by atoms with Gasteiger partial charge in [0.25, 0.3) is 0 Å². The zero-order chi connectivity index (χ0) is 13.4. The van der Waals surface area contributed by atoms with E-state index < -0.39 is 0 Å². The van der Waals surface area contributed by atoms with Crippen LogP contribution in [-0.4, -0.2) is 6.54 Å². The van der Waals surface area contributed by atoms with Gasteiger partial charge in [0.1, 0.15) is 11.9 Å². The fourth-order valence-electron chi connectivity index (χ4n) is 2.27. The number of aryl methyl sites for hydroxylation is 1. The molecule has 1 N–H and O–H groups in total. The number of hydrogen-bond acceptors (Lipinski definition) is 2. The normalized spacial score (nSPS) is 17.3. The van der Waals surface area contributed by atoms with E-state index in [-0.39, 0.29) is 6.10 Å². The molecule has 2 aromatic rings. The average Bonchev–Trinajstić information content (AvgIpc) is 2.39. The summed E-state index contributed by atoms with van der Waals surface area (Å²) in [6.45, 7) is 2.71. The molecule has 0 fully saturated rings. The molecule has 19 heavy (non-hydrogen) atoms. The molecular weight excluding hydrogens is 281 g/mol. The first-order valence-corrected chi connectivity index (χ1v) is 6.85. The van der Waals surface area contributed by atoms with E-state index in [1.807, 2.05) is 43.3 Å². The van der Waals surface area contributed by atoms with E-state index in [2.05, 4.69) is 5.32 Å². The van der Waals surface area contributed by atoms with Crippen molar-refractivity contribution in [3.63, 3.8) is 0 Å². The van der Waals surface area contributed by atoms with Crippen molar-refractivity contribution in [2.45, 2.75) is 13.0 Å². The molecular formula is C15H13Cl2NO. The van der Waals surface area contributed by atoms with Crippen LogP contribution >= 0.6 is 23.2 Å². The number of ether oxygens (including phenoxy) is 1. The minimum absolute atomic E-state index is 0.00959. The molecule has 2 aromatic carbocycles. The molecule has 0 spiro atoms. The number of halogens is 2. The van der Waals surface area contributed by atoms with Gasteiger partial charge in [-0.15, -0.1) is 0 Å². The Kier molecular flexibility index (Phi) is 3.29. The summed E-state index contributed by atoms with van der Waals surface area (Å²) in [4.78, 5) is 0. The minimum atomic E-state index is -0.00959. The predicted molar refractivity (Wildman–Crippen MR) is 79.5 cm³/mol. The molecule has 0 aliphatic carbocycles. The van der Waals surface area contributed by atoms with Crippen molar-refractivity contribution in [2.75, 3.05) is 11.9 Å². The lowest BCUT2D eigenvalue weighted by Crippen LogP contribution is -2.24. The molecule has 1 aliphatic heterocycles. The molecule has 3 rings (SSSR count). The number of benzene rings is 2. The summed E-state index contributed by atoms with van der Waals surface area (Å²) in [6.07, 6.45) is -0.00959. The molecule has 0 saturated carbocycles. The Balaban J connectivity index is 1.92. The van der Waals surface area contributed by atoms with Crippen LogP contribution in [0.25, 0.3) is 0 Å². The van der Waals surface area contributed by atoms with Crippen LogP contribution in [0.2, 0.25) is 10.0 Å². The summed E-state index contributed by atoms with van der Waals surface area (Å²) in [6, 6.07) is 11.5. The van der Waals surface area contributed by atoms with Gasteiger partial charge in [0.2, 0.25) is 0 Å². The second kappa shape index (κ2) is 4.95. The highest BCUT2D eigenvalue weighted by atomic mass is 35.5. The standard InChI is InChI=1S/C15H13Cl2NO/c1-9-6-12(17)7-13-15(9)19-14(8-18-13)10-2-4-11(16)5-3-10/h2-7,14,18H,8H2,1H3. The summed E-state index contributed by atoms with van der Waals surface area (Å²) >= 11 is 11.9. The Hall–Kier alpha value is -1.38. The number of rotatable bonds is 1. The summed E-state index contributed by atoms with van der Waals surface area (Å²) in [5.41, 5.74) is 3.10. The molecule has 0 bridgehead atoms. The summed E-state index contributed by atoms with van der Waals surface area (Å²) in [5, 5.41) is 4.82. The van der Waals surface area contributed by atoms with Crippen molar-refractivity contribution >= 4 is 28.9 Å². The van der Waals surface area contributed by atoms with Crippen LogP contribution < -0.4 is 10.1 Å². The second-order valence-electron chi connectivity index (χ2n) is 4.64. The molecule has 98 valence electrons. The predicted octanol–water partition coefficient (Wildman–Crippen LogP) is 4.85. The molecule has 1 unspecified atom stereocenters. The van der Waals surface area contributed by atoms with Gasteiger partial charge in [0, 0.05) is 10.0 Å². The summed E-state index contributed by atoms with van der Waals surface area (Å²) in [7, 11) is 0. The Labute approximate surface area is 122 Å². The van der Waals surface area contributed by atoms with Gasteiger partial charge in [-0.1, -0.05) is 35.3 Å². The van der Waals surface area contributed by atoms with E-state index >= 15 is 0 Å². The topological polar surface area (TPSA) is 21.3 Å².